The molecule has 1 heterocycles. The summed E-state index contributed by atoms with van der Waals surface area (Å²) in [7, 11) is -0.847. The Labute approximate surface area is 199 Å². The number of hydrogen-bond acceptors (Lipinski definition) is 5. The third-order valence-corrected chi connectivity index (χ3v) is 7.03. The van der Waals surface area contributed by atoms with Crippen LogP contribution in [0.15, 0.2) is 35.0 Å². The number of nitrogens with two attached hydrogens (primary N) is 1. The Bertz CT molecular complexity index is 1170. The molecule has 1 aromatic heterocycles. The van der Waals surface area contributed by atoms with E-state index in [-0.39, 0.29) is 35.1 Å². The number of nitrogens with zero attached hydrogens (tertiary/aromatic N) is 3. The molecule has 3 N–H and O–H groups in total. The van der Waals surface area contributed by atoms with Gasteiger partial charge in [0.25, 0.3) is 5.91 Å². The summed E-state index contributed by atoms with van der Waals surface area (Å²) in [6.07, 6.45) is 1.48. The molecule has 0 fully saturated rings. The van der Waals surface area contributed by atoms with Crippen LogP contribution < -0.4 is 11.1 Å². The lowest BCUT2D eigenvalue weighted by Gasteiger charge is -2.21. The van der Waals surface area contributed by atoms with Gasteiger partial charge < -0.3 is 11.1 Å². The molecule has 11 heteroatoms. The molecule has 182 valence electrons. The van der Waals surface area contributed by atoms with E-state index in [1.807, 2.05) is 20.8 Å². The predicted molar refractivity (Wildman–Crippen MR) is 128 cm³/mol. The molecule has 0 saturated carbocycles. The fourth-order valence-corrected chi connectivity index (χ4v) is 4.63. The van der Waals surface area contributed by atoms with Gasteiger partial charge in [-0.05, 0) is 51.5 Å². The first-order valence-electron chi connectivity index (χ1n) is 10.3. The normalized spacial score (nSPS) is 13.0. The van der Waals surface area contributed by atoms with E-state index in [0.717, 1.165) is 4.31 Å². The molecule has 8 nitrogen and oxygen atoms in total. The van der Waals surface area contributed by atoms with Gasteiger partial charge in [0.1, 0.15) is 16.4 Å². The quantitative estimate of drug-likeness (QED) is 0.580. The molecule has 0 bridgehead atoms. The van der Waals surface area contributed by atoms with Gasteiger partial charge in [0.05, 0.1) is 17.3 Å². The van der Waals surface area contributed by atoms with Gasteiger partial charge in [-0.15, -0.1) is 0 Å². The van der Waals surface area contributed by atoms with Crippen molar-refractivity contribution in [1.82, 2.24) is 19.4 Å². The second-order valence-electron chi connectivity index (χ2n) is 8.89. The maximum absolute atomic E-state index is 14.2. The van der Waals surface area contributed by atoms with Crippen molar-refractivity contribution in [2.45, 2.75) is 51.1 Å². The summed E-state index contributed by atoms with van der Waals surface area (Å²) in [5, 5.41) is 7.35. The molecule has 33 heavy (non-hydrogen) atoms. The van der Waals surface area contributed by atoms with Crippen molar-refractivity contribution < 1.29 is 17.6 Å². The Hall–Kier alpha value is -2.27. The lowest BCUT2D eigenvalue weighted by molar-refractivity contribution is 0.0907. The van der Waals surface area contributed by atoms with Crippen LogP contribution in [0.3, 0.4) is 0 Å². The Morgan fingerprint density at radius 1 is 1.33 bits per heavy atom. The highest BCUT2D eigenvalue weighted by Gasteiger charge is 2.26. The number of aromatic nitrogens is 2. The van der Waals surface area contributed by atoms with Gasteiger partial charge >= 0.3 is 0 Å². The average molecular weight is 500 g/mol. The smallest absolute Gasteiger partial charge is 0.270 e. The molecule has 2 rings (SSSR count). The Kier molecular flexibility index (Phi) is 8.45. The minimum Gasteiger partial charge on any atom is -0.346 e. The van der Waals surface area contributed by atoms with E-state index >= 15 is 0 Å². The number of carbonyl (C=O) groups excluding carboxylic acids is 1. The number of sulfonamides is 1. The highest BCUT2D eigenvalue weighted by molar-refractivity contribution is 7.89. The number of nitrogens with one attached hydrogen (secondary N) is 1. The van der Waals surface area contributed by atoms with Crippen LogP contribution in [-0.4, -0.2) is 54.6 Å². The second-order valence-corrected chi connectivity index (χ2v) is 11.4. The standard InChI is InChI=1S/C22H31ClFN5O3S/c1-14-17(11-15-7-8-19(18(23)12-15)33(31,32)28(5)6)20(21(30)26-22(2,3)4)29(27-14)13-16(24)9-10-25/h7-9,12H,10-11,13,25H2,1-6H3,(H,26,30). The van der Waals surface area contributed by atoms with Gasteiger partial charge in [0.15, 0.2) is 0 Å². The van der Waals surface area contributed by atoms with Crippen molar-refractivity contribution in [2.75, 3.05) is 20.6 Å². The van der Waals surface area contributed by atoms with Crippen molar-refractivity contribution >= 4 is 27.5 Å². The van der Waals surface area contributed by atoms with Crippen molar-refractivity contribution in [3.63, 3.8) is 0 Å². The molecule has 0 aliphatic rings. The number of carbonyl (C=O) groups is 1. The fourth-order valence-electron chi connectivity index (χ4n) is 3.20. The maximum atomic E-state index is 14.2. The third kappa shape index (κ3) is 6.63. The zero-order valence-electron chi connectivity index (χ0n) is 19.7. The average Bonchev–Trinajstić information content (AvgIpc) is 2.95. The van der Waals surface area contributed by atoms with Crippen LogP contribution in [0.5, 0.6) is 0 Å². The SMILES string of the molecule is Cc1nn(CC(F)=CCN)c(C(=O)NC(C)(C)C)c1Cc1ccc(S(=O)(=O)N(C)C)c(Cl)c1. The number of allylic oxidation sites excluding steroid dienone is 1. The molecule has 0 aliphatic carbocycles. The van der Waals surface area contributed by atoms with Crippen LogP contribution in [0.1, 0.15) is 48.1 Å². The minimum absolute atomic E-state index is 0.00924. The molecule has 0 aliphatic heterocycles. The molecule has 1 aromatic carbocycles. The van der Waals surface area contributed by atoms with E-state index in [2.05, 4.69) is 10.4 Å². The predicted octanol–water partition coefficient (Wildman–Crippen LogP) is 3.03. The summed E-state index contributed by atoms with van der Waals surface area (Å²) in [5.74, 6) is -0.894. The van der Waals surface area contributed by atoms with Crippen LogP contribution in [0, 0.1) is 6.92 Å². The molecule has 0 spiro atoms. The molecular weight excluding hydrogens is 469 g/mol. The van der Waals surface area contributed by atoms with E-state index in [9.17, 15) is 17.6 Å². The van der Waals surface area contributed by atoms with Gasteiger partial charge in [-0.3, -0.25) is 9.48 Å². The van der Waals surface area contributed by atoms with Gasteiger partial charge in [-0.25, -0.2) is 17.1 Å². The Morgan fingerprint density at radius 2 is 1.97 bits per heavy atom. The molecule has 0 radical (unpaired) electrons. The summed E-state index contributed by atoms with van der Waals surface area (Å²) < 4.78 is 41.5. The van der Waals surface area contributed by atoms with E-state index in [1.165, 1.54) is 30.9 Å². The molecule has 0 unspecified atom stereocenters. The monoisotopic (exact) mass is 499 g/mol. The highest BCUT2D eigenvalue weighted by atomic mass is 35.5. The number of benzene rings is 1. The minimum atomic E-state index is -3.70. The first-order valence-corrected chi connectivity index (χ1v) is 12.1. The van der Waals surface area contributed by atoms with E-state index < -0.39 is 27.3 Å². The Balaban J connectivity index is 2.53. The topological polar surface area (TPSA) is 110 Å². The molecule has 0 saturated heterocycles. The lowest BCUT2D eigenvalue weighted by atomic mass is 10.0. The van der Waals surface area contributed by atoms with Gasteiger partial charge in [0.2, 0.25) is 10.0 Å². The van der Waals surface area contributed by atoms with Crippen molar-refractivity contribution in [3.05, 3.63) is 57.6 Å². The third-order valence-electron chi connectivity index (χ3n) is 4.73. The number of amides is 1. The summed E-state index contributed by atoms with van der Waals surface area (Å²) >= 11 is 6.29. The summed E-state index contributed by atoms with van der Waals surface area (Å²) in [6.45, 7) is 7.07. The second kappa shape index (κ2) is 10.3. The first-order chi connectivity index (χ1) is 15.2. The molecule has 2 aromatic rings. The van der Waals surface area contributed by atoms with Crippen LogP contribution in [0.4, 0.5) is 4.39 Å². The van der Waals surface area contributed by atoms with E-state index in [0.29, 0.717) is 16.8 Å². The van der Waals surface area contributed by atoms with Gasteiger partial charge in [-0.1, -0.05) is 17.7 Å². The van der Waals surface area contributed by atoms with Crippen LogP contribution >= 0.6 is 11.6 Å². The van der Waals surface area contributed by atoms with Crippen LogP contribution in [-0.2, 0) is 23.0 Å². The zero-order chi connectivity index (χ0) is 25.1. The zero-order valence-corrected chi connectivity index (χ0v) is 21.3. The lowest BCUT2D eigenvalue weighted by Crippen LogP contribution is -2.42. The summed E-state index contributed by atoms with van der Waals surface area (Å²) in [6, 6.07) is 4.62. The van der Waals surface area contributed by atoms with Crippen LogP contribution in [0.2, 0.25) is 5.02 Å². The van der Waals surface area contributed by atoms with Gasteiger partial charge in [-0.2, -0.15) is 5.10 Å². The summed E-state index contributed by atoms with van der Waals surface area (Å²) in [4.78, 5) is 13.1. The number of hydrogen-bond donors (Lipinski definition) is 2. The highest BCUT2D eigenvalue weighted by Crippen LogP contribution is 2.27. The fraction of sp³-hybridized carbons (Fsp3) is 0.455. The number of aryl methyl sites for hydroxylation is 1. The van der Waals surface area contributed by atoms with Gasteiger partial charge in [0, 0.05) is 38.2 Å². The van der Waals surface area contributed by atoms with E-state index in [4.69, 9.17) is 17.3 Å². The number of rotatable bonds is 8. The summed E-state index contributed by atoms with van der Waals surface area (Å²) in [5.41, 5.74) is 6.93. The van der Waals surface area contributed by atoms with E-state index in [1.54, 1.807) is 19.1 Å². The molecule has 1 amide bonds. The first kappa shape index (κ1) is 27.0. The largest absolute Gasteiger partial charge is 0.346 e. The van der Waals surface area contributed by atoms with Crippen molar-refractivity contribution in [3.8, 4) is 0 Å². The van der Waals surface area contributed by atoms with Crippen molar-refractivity contribution in [2.24, 2.45) is 5.73 Å². The molecule has 0 atom stereocenters. The maximum Gasteiger partial charge on any atom is 0.270 e. The van der Waals surface area contributed by atoms with Crippen molar-refractivity contribution in [1.29, 1.82) is 0 Å². The Morgan fingerprint density at radius 3 is 2.48 bits per heavy atom. The number of halogens is 2. The molecular formula is C22H31ClFN5O3S. The van der Waals surface area contributed by atoms with Crippen LogP contribution in [0.25, 0.3) is 0 Å².